The van der Waals surface area contributed by atoms with Crippen LogP contribution in [0.2, 0.25) is 5.02 Å². The first-order valence-electron chi connectivity index (χ1n) is 8.43. The Bertz CT molecular complexity index is 693. The van der Waals surface area contributed by atoms with Gasteiger partial charge in [0.05, 0.1) is 6.61 Å². The Morgan fingerprint density at radius 1 is 1.08 bits per heavy atom. The molecule has 1 amide bonds. The molecule has 0 unspecified atom stereocenters. The smallest absolute Gasteiger partial charge is 0.246 e. The van der Waals surface area contributed by atoms with Crippen molar-refractivity contribution in [3.63, 3.8) is 0 Å². The number of nitrogens with zero attached hydrogens (tertiary/aromatic N) is 1. The summed E-state index contributed by atoms with van der Waals surface area (Å²) < 4.78 is 5.64. The van der Waals surface area contributed by atoms with E-state index < -0.39 is 0 Å². The van der Waals surface area contributed by atoms with Crippen molar-refractivity contribution in [2.45, 2.75) is 19.8 Å². The number of benzene rings is 2. The molecule has 0 N–H and O–H groups in total. The summed E-state index contributed by atoms with van der Waals surface area (Å²) in [5, 5.41) is 0.700. The molecule has 0 aliphatic rings. The highest BCUT2D eigenvalue weighted by molar-refractivity contribution is 6.30. The predicted molar refractivity (Wildman–Crippen MR) is 104 cm³/mol. The minimum atomic E-state index is 0.0131. The SMILES string of the molecule is Cc1ccc(/C=C/C(=O)N(C)CCCCOc2ccc(Cl)cc2)cc1. The maximum Gasteiger partial charge on any atom is 0.246 e. The monoisotopic (exact) mass is 357 g/mol. The van der Waals surface area contributed by atoms with Crippen LogP contribution in [0.5, 0.6) is 5.75 Å². The van der Waals surface area contributed by atoms with Crippen LogP contribution >= 0.6 is 11.6 Å². The first-order chi connectivity index (χ1) is 12.0. The van der Waals surface area contributed by atoms with Crippen molar-refractivity contribution in [3.8, 4) is 5.75 Å². The van der Waals surface area contributed by atoms with Crippen LogP contribution in [0.4, 0.5) is 0 Å². The Hall–Kier alpha value is -2.26. The predicted octanol–water partition coefficient (Wildman–Crippen LogP) is 4.98. The summed E-state index contributed by atoms with van der Waals surface area (Å²) in [6, 6.07) is 15.4. The molecule has 132 valence electrons. The van der Waals surface area contributed by atoms with Gasteiger partial charge in [-0.2, -0.15) is 0 Å². The molecule has 0 radical (unpaired) electrons. The summed E-state index contributed by atoms with van der Waals surface area (Å²) in [6.45, 7) is 3.38. The molecule has 4 heteroatoms. The van der Waals surface area contributed by atoms with Crippen LogP contribution in [-0.2, 0) is 4.79 Å². The summed E-state index contributed by atoms with van der Waals surface area (Å²) in [7, 11) is 1.82. The highest BCUT2D eigenvalue weighted by atomic mass is 35.5. The molecule has 2 aromatic rings. The second-order valence-corrected chi connectivity index (χ2v) is 6.45. The Balaban J connectivity index is 1.65. The minimum absolute atomic E-state index is 0.0131. The number of halogens is 1. The van der Waals surface area contributed by atoms with E-state index in [1.54, 1.807) is 11.0 Å². The topological polar surface area (TPSA) is 29.5 Å². The van der Waals surface area contributed by atoms with E-state index in [1.165, 1.54) is 5.56 Å². The van der Waals surface area contributed by atoms with Crippen molar-refractivity contribution in [1.29, 1.82) is 0 Å². The summed E-state index contributed by atoms with van der Waals surface area (Å²) >= 11 is 5.83. The first kappa shape index (κ1) is 19.1. The van der Waals surface area contributed by atoms with Gasteiger partial charge in [-0.25, -0.2) is 0 Å². The van der Waals surface area contributed by atoms with Crippen LogP contribution in [0, 0.1) is 6.92 Å². The van der Waals surface area contributed by atoms with Gasteiger partial charge in [0.25, 0.3) is 0 Å². The van der Waals surface area contributed by atoms with Gasteiger partial charge in [-0.15, -0.1) is 0 Å². The molecule has 0 aliphatic heterocycles. The summed E-state index contributed by atoms with van der Waals surface area (Å²) in [6.07, 6.45) is 5.26. The number of ether oxygens (including phenoxy) is 1. The fourth-order valence-electron chi connectivity index (χ4n) is 2.25. The number of carbonyl (C=O) groups is 1. The van der Waals surface area contributed by atoms with Gasteiger partial charge in [-0.05, 0) is 55.7 Å². The summed E-state index contributed by atoms with van der Waals surface area (Å²) in [4.78, 5) is 13.8. The number of rotatable bonds is 8. The molecule has 0 heterocycles. The zero-order valence-corrected chi connectivity index (χ0v) is 15.5. The quantitative estimate of drug-likeness (QED) is 0.492. The van der Waals surface area contributed by atoms with Gasteiger partial charge < -0.3 is 9.64 Å². The molecule has 0 spiro atoms. The number of hydrogen-bond acceptors (Lipinski definition) is 2. The highest BCUT2D eigenvalue weighted by Gasteiger charge is 2.04. The van der Waals surface area contributed by atoms with Gasteiger partial charge in [0, 0.05) is 24.7 Å². The molecule has 0 fully saturated rings. The lowest BCUT2D eigenvalue weighted by atomic mass is 10.1. The molecule has 0 aromatic heterocycles. The standard InChI is InChI=1S/C21H24ClNO2/c1-17-5-7-18(8-6-17)9-14-21(24)23(2)15-3-4-16-25-20-12-10-19(22)11-13-20/h5-14H,3-4,15-16H2,1-2H3/b14-9+. The molecule has 0 aliphatic carbocycles. The van der Waals surface area contributed by atoms with Crippen molar-refractivity contribution in [3.05, 3.63) is 70.8 Å². The lowest BCUT2D eigenvalue weighted by Crippen LogP contribution is -2.26. The molecule has 2 rings (SSSR count). The molecule has 0 atom stereocenters. The first-order valence-corrected chi connectivity index (χ1v) is 8.80. The van der Waals surface area contributed by atoms with Gasteiger partial charge in [0.15, 0.2) is 0 Å². The van der Waals surface area contributed by atoms with Crippen LogP contribution < -0.4 is 4.74 Å². The van der Waals surface area contributed by atoms with Gasteiger partial charge in [0.1, 0.15) is 5.75 Å². The van der Waals surface area contributed by atoms with E-state index in [0.29, 0.717) is 18.2 Å². The largest absolute Gasteiger partial charge is 0.494 e. The van der Waals surface area contributed by atoms with Crippen LogP contribution in [0.25, 0.3) is 6.08 Å². The van der Waals surface area contributed by atoms with E-state index in [2.05, 4.69) is 0 Å². The van der Waals surface area contributed by atoms with E-state index in [4.69, 9.17) is 16.3 Å². The molecule has 2 aromatic carbocycles. The third kappa shape index (κ3) is 7.02. The van der Waals surface area contributed by atoms with Crippen molar-refractivity contribution >= 4 is 23.6 Å². The molecule has 0 saturated heterocycles. The second-order valence-electron chi connectivity index (χ2n) is 6.01. The van der Waals surface area contributed by atoms with Gasteiger partial charge >= 0.3 is 0 Å². The van der Waals surface area contributed by atoms with Crippen LogP contribution in [-0.4, -0.2) is 31.0 Å². The Morgan fingerprint density at radius 2 is 1.76 bits per heavy atom. The van der Waals surface area contributed by atoms with Crippen LogP contribution in [0.15, 0.2) is 54.6 Å². The van der Waals surface area contributed by atoms with E-state index in [-0.39, 0.29) is 5.91 Å². The van der Waals surface area contributed by atoms with Crippen LogP contribution in [0.1, 0.15) is 24.0 Å². The van der Waals surface area contributed by atoms with Crippen molar-refractivity contribution in [2.75, 3.05) is 20.2 Å². The number of amides is 1. The van der Waals surface area contributed by atoms with Crippen LogP contribution in [0.3, 0.4) is 0 Å². The van der Waals surface area contributed by atoms with Crippen molar-refractivity contribution in [1.82, 2.24) is 4.90 Å². The van der Waals surface area contributed by atoms with Gasteiger partial charge in [-0.1, -0.05) is 41.4 Å². The fourth-order valence-corrected chi connectivity index (χ4v) is 2.38. The van der Waals surface area contributed by atoms with E-state index in [9.17, 15) is 4.79 Å². The lowest BCUT2D eigenvalue weighted by molar-refractivity contribution is -0.124. The summed E-state index contributed by atoms with van der Waals surface area (Å²) in [5.74, 6) is 0.828. The number of aryl methyl sites for hydroxylation is 1. The number of hydrogen-bond donors (Lipinski definition) is 0. The van der Waals surface area contributed by atoms with Crippen molar-refractivity contribution in [2.24, 2.45) is 0 Å². The van der Waals surface area contributed by atoms with Gasteiger partial charge in [-0.3, -0.25) is 4.79 Å². The highest BCUT2D eigenvalue weighted by Crippen LogP contribution is 2.15. The molecule has 25 heavy (non-hydrogen) atoms. The Kier molecular flexibility index (Phi) is 7.55. The molecular formula is C21H24ClNO2. The Morgan fingerprint density at radius 3 is 2.44 bits per heavy atom. The molecule has 0 saturated carbocycles. The average Bonchev–Trinajstić information content (AvgIpc) is 2.62. The third-order valence-corrected chi connectivity index (χ3v) is 4.09. The van der Waals surface area contributed by atoms with E-state index in [1.807, 2.05) is 68.6 Å². The zero-order chi connectivity index (χ0) is 18.1. The third-order valence-electron chi connectivity index (χ3n) is 3.84. The minimum Gasteiger partial charge on any atom is -0.494 e. The fraction of sp³-hybridized carbons (Fsp3) is 0.286. The second kappa shape index (κ2) is 9.90. The summed E-state index contributed by atoms with van der Waals surface area (Å²) in [5.41, 5.74) is 2.24. The van der Waals surface area contributed by atoms with Gasteiger partial charge in [0.2, 0.25) is 5.91 Å². The lowest BCUT2D eigenvalue weighted by Gasteiger charge is -2.15. The molecule has 3 nitrogen and oxygen atoms in total. The maximum atomic E-state index is 12.1. The van der Waals surface area contributed by atoms with Crippen molar-refractivity contribution < 1.29 is 9.53 Å². The average molecular weight is 358 g/mol. The maximum absolute atomic E-state index is 12.1. The molecular weight excluding hydrogens is 334 g/mol. The molecule has 0 bridgehead atoms. The zero-order valence-electron chi connectivity index (χ0n) is 14.7. The normalized spacial score (nSPS) is 10.8. The Labute approximate surface area is 154 Å². The number of unbranched alkanes of at least 4 members (excludes halogenated alkanes) is 1. The van der Waals surface area contributed by atoms with E-state index >= 15 is 0 Å². The number of carbonyl (C=O) groups excluding carboxylic acids is 1. The van der Waals surface area contributed by atoms with E-state index in [0.717, 1.165) is 24.2 Å². The number of likely N-dealkylation sites (N-methyl/N-ethyl adjacent to an activating group) is 1.